The van der Waals surface area contributed by atoms with Crippen LogP contribution in [-0.4, -0.2) is 4.98 Å². The molecule has 0 fully saturated rings. The quantitative estimate of drug-likeness (QED) is 0.819. The van der Waals surface area contributed by atoms with Gasteiger partial charge in [0.1, 0.15) is 11.6 Å². The highest BCUT2D eigenvalue weighted by Crippen LogP contribution is 2.35. The molecule has 0 amide bonds. The Morgan fingerprint density at radius 1 is 1.15 bits per heavy atom. The topological polar surface area (TPSA) is 24.9 Å². The second-order valence-corrected chi connectivity index (χ2v) is 4.94. The number of nitrogens with one attached hydrogen (secondary N) is 1. The van der Waals surface area contributed by atoms with Crippen LogP contribution in [0.25, 0.3) is 0 Å². The van der Waals surface area contributed by atoms with Gasteiger partial charge in [0.25, 0.3) is 0 Å². The van der Waals surface area contributed by atoms with Gasteiger partial charge in [-0.15, -0.1) is 0 Å². The van der Waals surface area contributed by atoms with Crippen molar-refractivity contribution >= 4 is 21.7 Å². The lowest BCUT2D eigenvalue weighted by molar-refractivity contribution is -0.137. The zero-order valence-electron chi connectivity index (χ0n) is 10.0. The molecule has 0 spiro atoms. The summed E-state index contributed by atoms with van der Waals surface area (Å²) in [4.78, 5) is 3.73. The Labute approximate surface area is 121 Å². The van der Waals surface area contributed by atoms with Gasteiger partial charge in [-0.1, -0.05) is 12.1 Å². The molecule has 0 atom stereocenters. The lowest BCUT2D eigenvalue weighted by Gasteiger charge is -2.13. The first-order valence-electron chi connectivity index (χ1n) is 5.57. The van der Waals surface area contributed by atoms with E-state index >= 15 is 0 Å². The maximum absolute atomic E-state index is 12.9. The van der Waals surface area contributed by atoms with Crippen LogP contribution < -0.4 is 5.32 Å². The fraction of sp³-hybridized carbons (Fsp3) is 0.154. The molecule has 0 bridgehead atoms. The average molecular weight is 349 g/mol. The van der Waals surface area contributed by atoms with Crippen LogP contribution in [0.3, 0.4) is 0 Å². The molecular weight excluding hydrogens is 340 g/mol. The number of nitrogens with zero attached hydrogens (tertiary/aromatic N) is 1. The van der Waals surface area contributed by atoms with Gasteiger partial charge in [-0.3, -0.25) is 0 Å². The minimum Gasteiger partial charge on any atom is -0.365 e. The third-order valence-electron chi connectivity index (χ3n) is 2.53. The Morgan fingerprint density at radius 3 is 2.40 bits per heavy atom. The van der Waals surface area contributed by atoms with Gasteiger partial charge in [-0.2, -0.15) is 13.2 Å². The largest absolute Gasteiger partial charge is 0.419 e. The summed E-state index contributed by atoms with van der Waals surface area (Å²) in [6, 6.07) is 6.44. The van der Waals surface area contributed by atoms with Crippen LogP contribution in [0.5, 0.6) is 0 Å². The predicted octanol–water partition coefficient (Wildman–Crippen LogP) is 4.61. The molecule has 1 N–H and O–H groups in total. The van der Waals surface area contributed by atoms with E-state index in [1.54, 1.807) is 0 Å². The molecule has 1 aromatic heterocycles. The summed E-state index contributed by atoms with van der Waals surface area (Å²) in [5.74, 6) is -0.656. The van der Waals surface area contributed by atoms with Crippen LogP contribution in [0.1, 0.15) is 11.1 Å². The van der Waals surface area contributed by atoms with Gasteiger partial charge in [0.15, 0.2) is 0 Å². The zero-order valence-corrected chi connectivity index (χ0v) is 11.6. The van der Waals surface area contributed by atoms with E-state index in [9.17, 15) is 17.6 Å². The molecule has 0 aliphatic rings. The number of alkyl halides is 3. The lowest BCUT2D eigenvalue weighted by atomic mass is 10.2. The molecule has 7 heteroatoms. The van der Waals surface area contributed by atoms with Crippen molar-refractivity contribution in [1.82, 2.24) is 4.98 Å². The maximum Gasteiger partial charge on any atom is 0.419 e. The van der Waals surface area contributed by atoms with Crippen molar-refractivity contribution in [3.63, 3.8) is 0 Å². The number of benzene rings is 1. The first kappa shape index (κ1) is 14.8. The fourth-order valence-corrected chi connectivity index (χ4v) is 1.92. The molecule has 0 aliphatic heterocycles. The highest BCUT2D eigenvalue weighted by Gasteiger charge is 2.34. The van der Waals surface area contributed by atoms with Crippen LogP contribution in [0.15, 0.2) is 41.0 Å². The number of anilines is 1. The van der Waals surface area contributed by atoms with Crippen LogP contribution in [0.2, 0.25) is 0 Å². The predicted molar refractivity (Wildman–Crippen MR) is 70.7 cm³/mol. The second-order valence-electron chi connectivity index (χ2n) is 4.03. The molecule has 0 saturated carbocycles. The van der Waals surface area contributed by atoms with E-state index in [1.807, 2.05) is 0 Å². The molecule has 1 heterocycles. The highest BCUT2D eigenvalue weighted by molar-refractivity contribution is 9.10. The number of halogens is 5. The first-order chi connectivity index (χ1) is 9.36. The van der Waals surface area contributed by atoms with E-state index in [4.69, 9.17) is 0 Å². The van der Waals surface area contributed by atoms with Gasteiger partial charge in [-0.25, -0.2) is 9.37 Å². The molecule has 0 saturated heterocycles. The maximum atomic E-state index is 12.9. The Bertz CT molecular complexity index is 596. The summed E-state index contributed by atoms with van der Waals surface area (Å²) < 4.78 is 51.5. The SMILES string of the molecule is Fc1ccc(CNc2ncc(Br)cc2C(F)(F)F)cc1. The van der Waals surface area contributed by atoms with E-state index in [0.29, 0.717) is 5.56 Å². The molecule has 0 radical (unpaired) electrons. The number of pyridine rings is 1. The van der Waals surface area contributed by atoms with Crippen molar-refractivity contribution in [2.45, 2.75) is 12.7 Å². The van der Waals surface area contributed by atoms with Gasteiger partial charge < -0.3 is 5.32 Å². The molecule has 20 heavy (non-hydrogen) atoms. The molecule has 2 nitrogen and oxygen atoms in total. The smallest absolute Gasteiger partial charge is 0.365 e. The Balaban J connectivity index is 2.19. The monoisotopic (exact) mass is 348 g/mol. The molecule has 2 rings (SSSR count). The van der Waals surface area contributed by atoms with Gasteiger partial charge >= 0.3 is 6.18 Å². The number of hydrogen-bond acceptors (Lipinski definition) is 2. The number of hydrogen-bond donors (Lipinski definition) is 1. The second kappa shape index (κ2) is 5.78. The summed E-state index contributed by atoms with van der Waals surface area (Å²) >= 11 is 2.96. The lowest BCUT2D eigenvalue weighted by Crippen LogP contribution is -2.12. The van der Waals surface area contributed by atoms with E-state index in [0.717, 1.165) is 6.07 Å². The molecule has 106 valence electrons. The highest BCUT2D eigenvalue weighted by atomic mass is 79.9. The Hall–Kier alpha value is -1.63. The zero-order chi connectivity index (χ0) is 14.8. The van der Waals surface area contributed by atoms with Crippen molar-refractivity contribution in [1.29, 1.82) is 0 Å². The van der Waals surface area contributed by atoms with Crippen molar-refractivity contribution in [2.75, 3.05) is 5.32 Å². The molecule has 1 aromatic carbocycles. The normalized spacial score (nSPS) is 11.4. The molecule has 0 unspecified atom stereocenters. The molecule has 2 aromatic rings. The van der Waals surface area contributed by atoms with Crippen LogP contribution >= 0.6 is 15.9 Å². The third kappa shape index (κ3) is 3.69. The Morgan fingerprint density at radius 2 is 1.80 bits per heavy atom. The average Bonchev–Trinajstić information content (AvgIpc) is 2.38. The van der Waals surface area contributed by atoms with Gasteiger partial charge in [0.2, 0.25) is 0 Å². The minimum atomic E-state index is -4.50. The summed E-state index contributed by atoms with van der Waals surface area (Å²) in [5, 5.41) is 2.61. The molecule has 0 aliphatic carbocycles. The van der Waals surface area contributed by atoms with Gasteiger partial charge in [-0.05, 0) is 39.7 Å². The van der Waals surface area contributed by atoms with Crippen LogP contribution in [-0.2, 0) is 12.7 Å². The summed E-state index contributed by atoms with van der Waals surface area (Å²) in [6.45, 7) is 0.123. The summed E-state index contributed by atoms with van der Waals surface area (Å²) in [5.41, 5.74) is -0.196. The Kier molecular flexibility index (Phi) is 4.27. The number of aromatic nitrogens is 1. The number of rotatable bonds is 3. The van der Waals surface area contributed by atoms with Gasteiger partial charge in [0.05, 0.1) is 5.56 Å². The van der Waals surface area contributed by atoms with E-state index in [-0.39, 0.29) is 16.8 Å². The van der Waals surface area contributed by atoms with Crippen molar-refractivity contribution < 1.29 is 17.6 Å². The fourth-order valence-electron chi connectivity index (χ4n) is 1.58. The van der Waals surface area contributed by atoms with Crippen LogP contribution in [0.4, 0.5) is 23.4 Å². The van der Waals surface area contributed by atoms with Crippen molar-refractivity contribution in [3.8, 4) is 0 Å². The summed E-state index contributed by atoms with van der Waals surface area (Å²) in [6.07, 6.45) is -3.22. The van der Waals surface area contributed by atoms with Gasteiger partial charge in [0, 0.05) is 17.2 Å². The van der Waals surface area contributed by atoms with E-state index in [2.05, 4.69) is 26.2 Å². The summed E-state index contributed by atoms with van der Waals surface area (Å²) in [7, 11) is 0. The van der Waals surface area contributed by atoms with Crippen molar-refractivity contribution in [3.05, 3.63) is 57.9 Å². The first-order valence-corrected chi connectivity index (χ1v) is 6.36. The third-order valence-corrected chi connectivity index (χ3v) is 2.97. The minimum absolute atomic E-state index is 0.123. The molecular formula is C13H9BrF4N2. The standard InChI is InChI=1S/C13H9BrF4N2/c14-9-5-11(13(16,17)18)12(20-7-9)19-6-8-1-3-10(15)4-2-8/h1-5,7H,6H2,(H,19,20). The van der Waals surface area contributed by atoms with Crippen LogP contribution in [0, 0.1) is 5.82 Å². The van der Waals surface area contributed by atoms with E-state index < -0.39 is 17.6 Å². The van der Waals surface area contributed by atoms with E-state index in [1.165, 1.54) is 30.5 Å². The van der Waals surface area contributed by atoms with Crippen molar-refractivity contribution in [2.24, 2.45) is 0 Å².